The molecule has 0 amide bonds. The van der Waals surface area contributed by atoms with E-state index in [9.17, 15) is 0 Å². The minimum atomic E-state index is 0.515. The Morgan fingerprint density at radius 3 is 1.60 bits per heavy atom. The van der Waals surface area contributed by atoms with Crippen LogP contribution in [0.3, 0.4) is 0 Å². The van der Waals surface area contributed by atoms with E-state index in [0.29, 0.717) is 17.8 Å². The zero-order valence-electron chi connectivity index (χ0n) is 7.73. The molecular formula is C10H18. The molecule has 0 heterocycles. The molecule has 1 unspecified atom stereocenters. The second-order valence-corrected chi connectivity index (χ2v) is 3.48. The van der Waals surface area contributed by atoms with Gasteiger partial charge in [0, 0.05) is 11.8 Å². The quantitative estimate of drug-likeness (QED) is 0.489. The van der Waals surface area contributed by atoms with Crippen LogP contribution >= 0.6 is 0 Å². The molecule has 0 aliphatic heterocycles. The van der Waals surface area contributed by atoms with Crippen molar-refractivity contribution in [1.29, 1.82) is 0 Å². The van der Waals surface area contributed by atoms with Crippen LogP contribution in [-0.2, 0) is 0 Å². The molecule has 0 bridgehead atoms. The summed E-state index contributed by atoms with van der Waals surface area (Å²) in [4.78, 5) is 0. The average molecular weight is 138 g/mol. The topological polar surface area (TPSA) is 0 Å². The minimum Gasteiger partial charge on any atom is -0.100 e. The zero-order chi connectivity index (χ0) is 8.15. The molecular weight excluding hydrogens is 120 g/mol. The second kappa shape index (κ2) is 4.39. The first-order chi connectivity index (χ1) is 4.54. The van der Waals surface area contributed by atoms with E-state index in [2.05, 4.69) is 46.5 Å². The lowest BCUT2D eigenvalue weighted by molar-refractivity contribution is 0.519. The number of hydrogen-bond acceptors (Lipinski definition) is 0. The second-order valence-electron chi connectivity index (χ2n) is 3.48. The van der Waals surface area contributed by atoms with E-state index in [1.54, 1.807) is 0 Å². The Bertz CT molecular complexity index is 132. The molecule has 0 saturated heterocycles. The third-order valence-corrected chi connectivity index (χ3v) is 1.60. The molecule has 10 heavy (non-hydrogen) atoms. The molecule has 0 radical (unpaired) electrons. The van der Waals surface area contributed by atoms with Crippen molar-refractivity contribution in [2.24, 2.45) is 17.8 Å². The van der Waals surface area contributed by atoms with Crippen molar-refractivity contribution < 1.29 is 0 Å². The van der Waals surface area contributed by atoms with Crippen molar-refractivity contribution in [3.05, 3.63) is 0 Å². The number of hydrogen-bond donors (Lipinski definition) is 0. The molecule has 0 fully saturated rings. The predicted molar refractivity (Wildman–Crippen MR) is 46.6 cm³/mol. The molecule has 0 spiro atoms. The van der Waals surface area contributed by atoms with E-state index in [-0.39, 0.29) is 0 Å². The van der Waals surface area contributed by atoms with Crippen LogP contribution < -0.4 is 0 Å². The normalized spacial score (nSPS) is 13.1. The van der Waals surface area contributed by atoms with Crippen LogP contribution in [0.15, 0.2) is 0 Å². The van der Waals surface area contributed by atoms with Crippen molar-refractivity contribution in [2.75, 3.05) is 0 Å². The van der Waals surface area contributed by atoms with Crippen LogP contribution in [0.25, 0.3) is 0 Å². The van der Waals surface area contributed by atoms with E-state index in [0.717, 1.165) is 0 Å². The van der Waals surface area contributed by atoms with E-state index in [4.69, 9.17) is 0 Å². The van der Waals surface area contributed by atoms with Gasteiger partial charge in [-0.15, -0.1) is 5.92 Å². The van der Waals surface area contributed by atoms with E-state index in [1.807, 2.05) is 0 Å². The van der Waals surface area contributed by atoms with Gasteiger partial charge in [0.15, 0.2) is 0 Å². The summed E-state index contributed by atoms with van der Waals surface area (Å²) in [5.41, 5.74) is 0. The van der Waals surface area contributed by atoms with Gasteiger partial charge in [-0.25, -0.2) is 0 Å². The highest BCUT2D eigenvalue weighted by molar-refractivity contribution is 5.04. The van der Waals surface area contributed by atoms with Crippen LogP contribution in [0.5, 0.6) is 0 Å². The molecule has 0 aromatic rings. The molecule has 0 rings (SSSR count). The smallest absolute Gasteiger partial charge is 0.0197 e. The van der Waals surface area contributed by atoms with Crippen LogP contribution in [0.4, 0.5) is 0 Å². The Hall–Kier alpha value is -0.440. The van der Waals surface area contributed by atoms with Crippen molar-refractivity contribution >= 4 is 0 Å². The van der Waals surface area contributed by atoms with Gasteiger partial charge in [-0.3, -0.25) is 0 Å². The Kier molecular flexibility index (Phi) is 4.19. The van der Waals surface area contributed by atoms with Gasteiger partial charge in [-0.05, 0) is 5.92 Å². The highest BCUT2D eigenvalue weighted by atomic mass is 14.0. The van der Waals surface area contributed by atoms with Gasteiger partial charge in [-0.2, -0.15) is 0 Å². The fourth-order valence-electron chi connectivity index (χ4n) is 0.465. The maximum absolute atomic E-state index is 3.23. The van der Waals surface area contributed by atoms with Crippen LogP contribution in [0.2, 0.25) is 0 Å². The van der Waals surface area contributed by atoms with Gasteiger partial charge >= 0.3 is 0 Å². The highest BCUT2D eigenvalue weighted by Crippen LogP contribution is 2.07. The molecule has 0 aliphatic rings. The lowest BCUT2D eigenvalue weighted by atomic mass is 9.98. The Morgan fingerprint density at radius 2 is 1.30 bits per heavy atom. The molecule has 1 atom stereocenters. The van der Waals surface area contributed by atoms with E-state index < -0.39 is 0 Å². The van der Waals surface area contributed by atoms with Gasteiger partial charge in [0.2, 0.25) is 0 Å². The largest absolute Gasteiger partial charge is 0.100 e. The van der Waals surface area contributed by atoms with Gasteiger partial charge in [0.1, 0.15) is 0 Å². The monoisotopic (exact) mass is 138 g/mol. The maximum atomic E-state index is 3.23. The molecule has 0 aliphatic carbocycles. The first-order valence-electron chi connectivity index (χ1n) is 4.05. The summed E-state index contributed by atoms with van der Waals surface area (Å²) in [6.07, 6.45) is 0. The van der Waals surface area contributed by atoms with Gasteiger partial charge in [0.25, 0.3) is 0 Å². The van der Waals surface area contributed by atoms with Crippen molar-refractivity contribution in [1.82, 2.24) is 0 Å². The molecule has 0 nitrogen and oxygen atoms in total. The van der Waals surface area contributed by atoms with Crippen molar-refractivity contribution in [3.8, 4) is 11.8 Å². The molecule has 58 valence electrons. The highest BCUT2D eigenvalue weighted by Gasteiger charge is 2.01. The SMILES string of the molecule is CC(C)C#CC(C)C(C)C. The summed E-state index contributed by atoms with van der Waals surface area (Å²) in [5, 5.41) is 0. The summed E-state index contributed by atoms with van der Waals surface area (Å²) in [5.74, 6) is 8.15. The molecule has 0 N–H and O–H groups in total. The first-order valence-corrected chi connectivity index (χ1v) is 4.05. The van der Waals surface area contributed by atoms with Crippen molar-refractivity contribution in [3.63, 3.8) is 0 Å². The minimum absolute atomic E-state index is 0.515. The summed E-state index contributed by atoms with van der Waals surface area (Å²) in [7, 11) is 0. The Balaban J connectivity index is 3.80. The molecule has 0 heteroatoms. The van der Waals surface area contributed by atoms with Gasteiger partial charge < -0.3 is 0 Å². The van der Waals surface area contributed by atoms with E-state index >= 15 is 0 Å². The Morgan fingerprint density at radius 1 is 0.800 bits per heavy atom. The predicted octanol–water partition coefficient (Wildman–Crippen LogP) is 2.94. The average Bonchev–Trinajstić information content (AvgIpc) is 1.82. The van der Waals surface area contributed by atoms with Crippen LogP contribution in [-0.4, -0.2) is 0 Å². The third kappa shape index (κ3) is 4.44. The fraction of sp³-hybridized carbons (Fsp3) is 0.800. The van der Waals surface area contributed by atoms with Crippen molar-refractivity contribution in [2.45, 2.75) is 34.6 Å². The maximum Gasteiger partial charge on any atom is 0.0197 e. The molecule has 0 saturated carbocycles. The Labute approximate surface area is 65.0 Å². The molecule has 0 aromatic carbocycles. The van der Waals surface area contributed by atoms with Gasteiger partial charge in [0.05, 0.1) is 0 Å². The standard InChI is InChI=1S/C10H18/c1-8(2)6-7-10(5)9(3)4/h8-10H,1-5H3. The lowest BCUT2D eigenvalue weighted by Gasteiger charge is -2.06. The first kappa shape index (κ1) is 9.56. The summed E-state index contributed by atoms with van der Waals surface area (Å²) in [6.45, 7) is 10.8. The summed E-state index contributed by atoms with van der Waals surface area (Å²) >= 11 is 0. The van der Waals surface area contributed by atoms with Gasteiger partial charge in [-0.1, -0.05) is 40.5 Å². The van der Waals surface area contributed by atoms with E-state index in [1.165, 1.54) is 0 Å². The molecule has 0 aromatic heterocycles. The fourth-order valence-corrected chi connectivity index (χ4v) is 0.465. The third-order valence-electron chi connectivity index (χ3n) is 1.60. The summed E-state index contributed by atoms with van der Waals surface area (Å²) < 4.78 is 0. The summed E-state index contributed by atoms with van der Waals surface area (Å²) in [6, 6.07) is 0. The van der Waals surface area contributed by atoms with Crippen LogP contribution in [0.1, 0.15) is 34.6 Å². The zero-order valence-corrected chi connectivity index (χ0v) is 7.73. The number of rotatable bonds is 1. The van der Waals surface area contributed by atoms with Crippen LogP contribution in [0, 0.1) is 29.6 Å². The lowest BCUT2D eigenvalue weighted by Crippen LogP contribution is -2.00.